The van der Waals surface area contributed by atoms with Gasteiger partial charge in [-0.25, -0.2) is 9.78 Å². The highest BCUT2D eigenvalue weighted by Crippen LogP contribution is 2.34. The Morgan fingerprint density at radius 3 is 2.57 bits per heavy atom. The number of fused-ring (bicyclic) bond motifs is 1. The van der Waals surface area contributed by atoms with Gasteiger partial charge in [0.1, 0.15) is 0 Å². The molecule has 164 valence electrons. The van der Waals surface area contributed by atoms with Gasteiger partial charge in [0.2, 0.25) is 5.91 Å². The summed E-state index contributed by atoms with van der Waals surface area (Å²) < 4.78 is 43.8. The Hall–Kier alpha value is -2.05. The molecule has 12 heteroatoms. The molecule has 2 aliphatic heterocycles. The lowest BCUT2D eigenvalue weighted by Gasteiger charge is -2.39. The molecule has 2 fully saturated rings. The lowest BCUT2D eigenvalue weighted by atomic mass is 10.0. The molecule has 0 atom stereocenters. The van der Waals surface area contributed by atoms with Crippen molar-refractivity contribution in [3.05, 3.63) is 18.2 Å². The van der Waals surface area contributed by atoms with Crippen LogP contribution in [0.5, 0.6) is 0 Å². The van der Waals surface area contributed by atoms with Gasteiger partial charge in [0, 0.05) is 32.0 Å². The van der Waals surface area contributed by atoms with Crippen molar-refractivity contribution in [1.82, 2.24) is 9.88 Å². The number of carbonyl (C=O) groups excluding carboxylic acids is 2. The van der Waals surface area contributed by atoms with Crippen LogP contribution in [0.4, 0.5) is 23.7 Å². The maximum atomic E-state index is 12.5. The van der Waals surface area contributed by atoms with Gasteiger partial charge in [-0.15, -0.1) is 11.3 Å². The Labute approximate surface area is 179 Å². The van der Waals surface area contributed by atoms with Gasteiger partial charge in [0.25, 0.3) is 0 Å². The van der Waals surface area contributed by atoms with Crippen LogP contribution in [0.1, 0.15) is 12.8 Å². The van der Waals surface area contributed by atoms with Crippen molar-refractivity contribution in [2.24, 2.45) is 11.7 Å². The van der Waals surface area contributed by atoms with Crippen LogP contribution in [0, 0.1) is 5.92 Å². The molecule has 2 aliphatic rings. The van der Waals surface area contributed by atoms with E-state index >= 15 is 0 Å². The van der Waals surface area contributed by atoms with Crippen molar-refractivity contribution < 1.29 is 27.5 Å². The number of halogens is 3. The maximum Gasteiger partial charge on any atom is 0.395 e. The topological polar surface area (TPSA) is 97.5 Å². The average molecular weight is 463 g/mol. The number of likely N-dealkylation sites (tertiary alicyclic amines) is 1. The molecule has 0 spiro atoms. The molecule has 3 heterocycles. The van der Waals surface area contributed by atoms with Crippen LogP contribution in [0.2, 0.25) is 0 Å². The zero-order valence-electron chi connectivity index (χ0n) is 15.9. The lowest BCUT2D eigenvalue weighted by Crippen LogP contribution is -2.56. The molecule has 3 N–H and O–H groups in total. The largest absolute Gasteiger partial charge is 0.395 e. The van der Waals surface area contributed by atoms with E-state index in [0.717, 1.165) is 22.8 Å². The highest BCUT2D eigenvalue weighted by molar-refractivity contribution is 8.01. The Morgan fingerprint density at radius 1 is 1.30 bits per heavy atom. The summed E-state index contributed by atoms with van der Waals surface area (Å²) in [6.45, 7) is 1.35. The number of nitrogens with one attached hydrogen (secondary N) is 1. The fourth-order valence-corrected chi connectivity index (χ4v) is 4.59. The van der Waals surface area contributed by atoms with Gasteiger partial charge in [-0.1, -0.05) is 11.8 Å². The molecular formula is C18H21F3N4O3S2. The van der Waals surface area contributed by atoms with E-state index in [4.69, 9.17) is 10.5 Å². The molecule has 7 nitrogen and oxygen atoms in total. The van der Waals surface area contributed by atoms with Crippen LogP contribution in [-0.4, -0.2) is 60.1 Å². The van der Waals surface area contributed by atoms with Gasteiger partial charge in [0.15, 0.2) is 4.34 Å². The minimum Gasteiger partial charge on any atom is -0.381 e. The van der Waals surface area contributed by atoms with Crippen molar-refractivity contribution >= 4 is 50.9 Å². The van der Waals surface area contributed by atoms with Gasteiger partial charge in [-0.05, 0) is 31.0 Å². The fraction of sp³-hybridized carbons (Fsp3) is 0.500. The van der Waals surface area contributed by atoms with Crippen molar-refractivity contribution in [1.29, 1.82) is 0 Å². The number of urea groups is 1. The highest BCUT2D eigenvalue weighted by atomic mass is 32.2. The molecule has 2 saturated heterocycles. The average Bonchev–Trinajstić information content (AvgIpc) is 3.29. The number of aromatic nitrogens is 1. The number of nitrogens with two attached hydrogens (primary N) is 1. The SMILES string of the molecule is C1CCOC1.NC(=O)CSc1nc2ccc(NC(=O)N3CC(C(F)(F)F)C3)cc2s1. The minimum atomic E-state index is -4.27. The highest BCUT2D eigenvalue weighted by Gasteiger charge is 2.48. The number of carbonyl (C=O) groups is 2. The standard InChI is InChI=1S/C14H13F3N4O2S2.C4H8O/c15-14(16,17)7-4-21(5-7)12(23)19-8-1-2-9-10(3-8)25-13(20-9)24-6-11(18)22;1-2-4-5-3-1/h1-3,7H,4-6H2,(H2,18,22)(H,19,23);1-4H2. The summed E-state index contributed by atoms with van der Waals surface area (Å²) in [7, 11) is 0. The van der Waals surface area contributed by atoms with Crippen molar-refractivity contribution in [3.8, 4) is 0 Å². The number of hydrogen-bond acceptors (Lipinski definition) is 6. The number of alkyl halides is 3. The van der Waals surface area contributed by atoms with E-state index in [1.54, 1.807) is 18.2 Å². The van der Waals surface area contributed by atoms with Crippen LogP contribution < -0.4 is 11.1 Å². The summed E-state index contributed by atoms with van der Waals surface area (Å²) in [5, 5.41) is 2.59. The summed E-state index contributed by atoms with van der Waals surface area (Å²) in [5.74, 6) is -1.77. The summed E-state index contributed by atoms with van der Waals surface area (Å²) in [5.41, 5.74) is 6.27. The third-order valence-electron chi connectivity index (χ3n) is 4.42. The molecule has 1 aromatic heterocycles. The van der Waals surface area contributed by atoms with Gasteiger partial charge in [-0.3, -0.25) is 4.79 Å². The molecule has 0 saturated carbocycles. The van der Waals surface area contributed by atoms with Crippen molar-refractivity contribution in [3.63, 3.8) is 0 Å². The molecule has 0 unspecified atom stereocenters. The second kappa shape index (κ2) is 9.84. The molecule has 30 heavy (non-hydrogen) atoms. The molecule has 4 rings (SSSR count). The van der Waals surface area contributed by atoms with Crippen LogP contribution in [0.25, 0.3) is 10.2 Å². The zero-order valence-corrected chi connectivity index (χ0v) is 17.5. The van der Waals surface area contributed by atoms with Crippen LogP contribution in [0.15, 0.2) is 22.5 Å². The second-order valence-electron chi connectivity index (χ2n) is 6.81. The molecule has 1 aromatic carbocycles. The van der Waals surface area contributed by atoms with Crippen LogP contribution in [0.3, 0.4) is 0 Å². The van der Waals surface area contributed by atoms with Crippen molar-refractivity contribution in [2.45, 2.75) is 23.4 Å². The molecular weight excluding hydrogens is 441 g/mol. The van der Waals surface area contributed by atoms with Gasteiger partial charge in [0.05, 0.1) is 21.9 Å². The third kappa shape index (κ3) is 6.22. The number of nitrogens with zero attached hydrogens (tertiary/aromatic N) is 2. The second-order valence-corrected chi connectivity index (χ2v) is 9.06. The van der Waals surface area contributed by atoms with E-state index in [9.17, 15) is 22.8 Å². The number of anilines is 1. The number of thiazole rings is 1. The van der Waals surface area contributed by atoms with E-state index in [-0.39, 0.29) is 18.8 Å². The molecule has 2 aromatic rings. The predicted molar refractivity (Wildman–Crippen MR) is 110 cm³/mol. The number of amides is 3. The number of ether oxygens (including phenoxy) is 1. The summed E-state index contributed by atoms with van der Waals surface area (Å²) in [6.07, 6.45) is -1.71. The Bertz CT molecular complexity index is 889. The van der Waals surface area contributed by atoms with Gasteiger partial charge >= 0.3 is 12.2 Å². The predicted octanol–water partition coefficient (Wildman–Crippen LogP) is 3.70. The quantitative estimate of drug-likeness (QED) is 0.676. The first kappa shape index (κ1) is 22.6. The van der Waals surface area contributed by atoms with E-state index in [0.29, 0.717) is 15.5 Å². The van der Waals surface area contributed by atoms with E-state index < -0.39 is 24.0 Å². The first-order valence-corrected chi connectivity index (χ1v) is 11.0. The van der Waals surface area contributed by atoms with Crippen molar-refractivity contribution in [2.75, 3.05) is 37.4 Å². The Kier molecular flexibility index (Phi) is 7.42. The fourth-order valence-electron chi connectivity index (χ4n) is 2.74. The van der Waals surface area contributed by atoms with Crippen LogP contribution in [-0.2, 0) is 9.53 Å². The monoisotopic (exact) mass is 462 g/mol. The maximum absolute atomic E-state index is 12.5. The number of hydrogen-bond donors (Lipinski definition) is 2. The minimum absolute atomic E-state index is 0.124. The molecule has 0 aliphatic carbocycles. The first-order valence-electron chi connectivity index (χ1n) is 9.24. The molecule has 3 amide bonds. The van der Waals surface area contributed by atoms with Gasteiger partial charge in [-0.2, -0.15) is 13.2 Å². The zero-order chi connectivity index (χ0) is 21.7. The number of thioether (sulfide) groups is 1. The van der Waals surface area contributed by atoms with E-state index in [2.05, 4.69) is 10.3 Å². The Balaban J connectivity index is 0.000000448. The smallest absolute Gasteiger partial charge is 0.381 e. The van der Waals surface area contributed by atoms with E-state index in [1.807, 2.05) is 0 Å². The molecule has 0 bridgehead atoms. The van der Waals surface area contributed by atoms with E-state index in [1.165, 1.54) is 35.9 Å². The summed E-state index contributed by atoms with van der Waals surface area (Å²) in [6, 6.07) is 4.46. The number of benzene rings is 1. The third-order valence-corrected chi connectivity index (χ3v) is 6.60. The number of rotatable bonds is 4. The summed E-state index contributed by atoms with van der Waals surface area (Å²) in [4.78, 5) is 28.2. The normalized spacial score (nSPS) is 16.7. The van der Waals surface area contributed by atoms with Crippen LogP contribution >= 0.6 is 23.1 Å². The first-order chi connectivity index (χ1) is 14.2. The number of primary amides is 1. The Morgan fingerprint density at radius 2 is 2.00 bits per heavy atom. The summed E-state index contributed by atoms with van der Waals surface area (Å²) >= 11 is 2.57. The lowest BCUT2D eigenvalue weighted by molar-refractivity contribution is -0.201. The van der Waals surface area contributed by atoms with Gasteiger partial charge < -0.3 is 20.7 Å². The molecule has 0 radical (unpaired) electrons.